The Morgan fingerprint density at radius 2 is 0.570 bits per heavy atom. The van der Waals surface area contributed by atoms with Crippen LogP contribution in [0.15, 0.2) is 97.2 Å². The molecule has 0 spiro atoms. The van der Waals surface area contributed by atoms with Gasteiger partial charge < -0.3 is 18.9 Å². The fourth-order valence-electron chi connectivity index (χ4n) is 12.6. The fraction of sp³-hybridized carbons (Fsp3) is 0.800. The van der Waals surface area contributed by atoms with Crippen molar-refractivity contribution in [2.75, 3.05) is 47.5 Å². The van der Waals surface area contributed by atoms with Crippen molar-refractivity contribution in [2.45, 2.75) is 418 Å². The minimum absolute atomic E-state index is 0.0311. The molecule has 0 saturated carbocycles. The predicted molar refractivity (Wildman–Crippen MR) is 436 cm³/mol. The van der Waals surface area contributed by atoms with Crippen LogP contribution >= 0.6 is 7.82 Å². The third kappa shape index (κ3) is 83.9. The SMILES string of the molecule is CC/C=C\C/C=C\C/C=C\C/C=C\C/C=C\C/C=C\C/C=C\C/C=C\CCCCCCCCCCCCCCCCC(=O)OC(COC(=O)CCCCCCCCCCCCCCCCCCCCCCCCCCCCCCCCCCCCCCC)COP(=O)(O)OCC[N+](C)(C)C. The number of carbonyl (C=O) groups is 2. The van der Waals surface area contributed by atoms with E-state index in [9.17, 15) is 19.0 Å². The molecular weight excluding hydrogens is 1250 g/mol. The van der Waals surface area contributed by atoms with E-state index in [4.69, 9.17) is 18.5 Å². The van der Waals surface area contributed by atoms with Crippen LogP contribution in [0.3, 0.4) is 0 Å². The predicted octanol–water partition coefficient (Wildman–Crippen LogP) is 29.0. The first-order chi connectivity index (χ1) is 49.0. The van der Waals surface area contributed by atoms with E-state index < -0.39 is 26.5 Å². The molecule has 0 saturated heterocycles. The Labute approximate surface area is 621 Å². The first-order valence-electron chi connectivity index (χ1n) is 43.0. The first-order valence-corrected chi connectivity index (χ1v) is 44.5. The van der Waals surface area contributed by atoms with Gasteiger partial charge in [0, 0.05) is 12.8 Å². The second-order valence-corrected chi connectivity index (χ2v) is 31.7. The summed E-state index contributed by atoms with van der Waals surface area (Å²) in [7, 11) is 1.49. The van der Waals surface area contributed by atoms with Crippen LogP contribution in [0.2, 0.25) is 0 Å². The molecule has 582 valence electrons. The van der Waals surface area contributed by atoms with Crippen molar-refractivity contribution < 1.29 is 42.1 Å². The lowest BCUT2D eigenvalue weighted by molar-refractivity contribution is -0.870. The number of esters is 2. The van der Waals surface area contributed by atoms with E-state index in [0.717, 1.165) is 89.9 Å². The zero-order valence-corrected chi connectivity index (χ0v) is 67.6. The average Bonchev–Trinajstić information content (AvgIpc) is 1.07. The number of hydrogen-bond acceptors (Lipinski definition) is 7. The van der Waals surface area contributed by atoms with Crippen LogP contribution in [0.1, 0.15) is 412 Å². The quantitative estimate of drug-likeness (QED) is 0.0211. The molecule has 0 aliphatic carbocycles. The van der Waals surface area contributed by atoms with Crippen LogP contribution in [-0.2, 0) is 32.7 Å². The maximum absolute atomic E-state index is 12.9. The van der Waals surface area contributed by atoms with E-state index in [2.05, 4.69) is 111 Å². The van der Waals surface area contributed by atoms with Gasteiger partial charge in [0.1, 0.15) is 19.8 Å². The molecule has 1 N–H and O–H groups in total. The third-order valence-electron chi connectivity index (χ3n) is 19.1. The smallest absolute Gasteiger partial charge is 0.462 e. The Bertz CT molecular complexity index is 2010. The minimum atomic E-state index is -4.40. The summed E-state index contributed by atoms with van der Waals surface area (Å²) in [6, 6.07) is 0. The molecule has 2 atom stereocenters. The summed E-state index contributed by atoms with van der Waals surface area (Å²) < 4.78 is 34.9. The number of phosphoric ester groups is 1. The molecule has 0 amide bonds. The van der Waals surface area contributed by atoms with Gasteiger partial charge in [-0.15, -0.1) is 0 Å². The highest BCUT2D eigenvalue weighted by Crippen LogP contribution is 2.43. The number of ether oxygens (including phenoxy) is 2. The number of phosphoric acid groups is 1. The van der Waals surface area contributed by atoms with Gasteiger partial charge in [-0.2, -0.15) is 0 Å². The van der Waals surface area contributed by atoms with Gasteiger partial charge in [0.05, 0.1) is 27.7 Å². The van der Waals surface area contributed by atoms with Gasteiger partial charge >= 0.3 is 19.8 Å². The van der Waals surface area contributed by atoms with Crippen LogP contribution in [0.5, 0.6) is 0 Å². The van der Waals surface area contributed by atoms with Gasteiger partial charge in [0.15, 0.2) is 6.10 Å². The Morgan fingerprint density at radius 1 is 0.320 bits per heavy atom. The van der Waals surface area contributed by atoms with Crippen molar-refractivity contribution in [2.24, 2.45) is 0 Å². The van der Waals surface area contributed by atoms with Gasteiger partial charge in [-0.3, -0.25) is 18.6 Å². The topological polar surface area (TPSA) is 108 Å². The van der Waals surface area contributed by atoms with E-state index in [1.54, 1.807) is 0 Å². The molecule has 10 heteroatoms. The van der Waals surface area contributed by atoms with Crippen molar-refractivity contribution in [1.29, 1.82) is 0 Å². The van der Waals surface area contributed by atoms with Gasteiger partial charge in [0.2, 0.25) is 0 Å². The van der Waals surface area contributed by atoms with Crippen molar-refractivity contribution in [3.05, 3.63) is 97.2 Å². The highest BCUT2D eigenvalue weighted by molar-refractivity contribution is 7.47. The number of quaternary nitrogens is 1. The molecule has 0 aromatic carbocycles. The second-order valence-electron chi connectivity index (χ2n) is 30.2. The maximum atomic E-state index is 12.9. The Morgan fingerprint density at radius 3 is 0.850 bits per heavy atom. The molecule has 2 unspecified atom stereocenters. The highest BCUT2D eigenvalue weighted by Gasteiger charge is 2.27. The normalized spacial score (nSPS) is 13.5. The summed E-state index contributed by atoms with van der Waals surface area (Å²) in [6.07, 6.45) is 113. The molecular formula is C90H165NO8P+. The molecule has 9 nitrogen and oxygen atoms in total. The van der Waals surface area contributed by atoms with Gasteiger partial charge in [-0.05, 0) is 77.0 Å². The molecule has 0 rings (SSSR count). The number of likely N-dealkylation sites (N-methyl/N-ethyl adjacent to an activating group) is 1. The fourth-order valence-corrected chi connectivity index (χ4v) is 13.4. The Balaban J connectivity index is 3.92. The number of unbranched alkanes of at least 4 members (excludes halogenated alkanes) is 50. The van der Waals surface area contributed by atoms with Crippen molar-refractivity contribution in [3.8, 4) is 0 Å². The van der Waals surface area contributed by atoms with Gasteiger partial charge in [-0.25, -0.2) is 4.57 Å². The number of hydrogen-bond donors (Lipinski definition) is 1. The first kappa shape index (κ1) is 96.9. The lowest BCUT2D eigenvalue weighted by Gasteiger charge is -2.24. The average molecular weight is 1420 g/mol. The molecule has 0 fully saturated rings. The highest BCUT2D eigenvalue weighted by atomic mass is 31.2. The molecule has 0 aliphatic heterocycles. The molecule has 0 aromatic heterocycles. The van der Waals surface area contributed by atoms with Crippen LogP contribution in [0.4, 0.5) is 0 Å². The van der Waals surface area contributed by atoms with Gasteiger partial charge in [0.25, 0.3) is 0 Å². The monoisotopic (exact) mass is 1420 g/mol. The lowest BCUT2D eigenvalue weighted by atomic mass is 10.0. The zero-order chi connectivity index (χ0) is 72.5. The molecule has 0 aliphatic rings. The van der Waals surface area contributed by atoms with Crippen molar-refractivity contribution in [1.82, 2.24) is 0 Å². The van der Waals surface area contributed by atoms with Gasteiger partial charge in [-0.1, -0.05) is 419 Å². The summed E-state index contributed by atoms with van der Waals surface area (Å²) in [6.45, 7) is 4.38. The molecule has 0 radical (unpaired) electrons. The molecule has 0 bridgehead atoms. The number of rotatable bonds is 80. The lowest BCUT2D eigenvalue weighted by Crippen LogP contribution is -2.37. The van der Waals surface area contributed by atoms with E-state index >= 15 is 0 Å². The number of carbonyl (C=O) groups excluding carboxylic acids is 2. The number of allylic oxidation sites excluding steroid dienone is 16. The van der Waals surface area contributed by atoms with Crippen molar-refractivity contribution >= 4 is 19.8 Å². The Hall–Kier alpha value is -3.07. The zero-order valence-electron chi connectivity index (χ0n) is 66.7. The summed E-state index contributed by atoms with van der Waals surface area (Å²) in [4.78, 5) is 36.0. The Kier molecular flexibility index (Phi) is 77.6. The standard InChI is InChI=1S/C90H164NO8P/c1-6-8-10-12-14-16-18-20-22-24-26-28-30-32-34-36-38-40-42-44-45-47-49-51-53-55-57-59-61-63-65-67-69-71-73-75-77-79-81-83-90(93)99-88(87-98-100(94,95)97-85-84-91(3,4)5)86-96-89(92)82-80-78-76-74-72-70-68-66-64-62-60-58-56-54-52-50-48-46-43-41-39-37-35-33-31-29-27-25-23-21-19-17-15-13-11-9-7-2/h8,10,14,16,20,22,26,28,32,34,38,40,44-45,49,51,88H,6-7,9,11-13,15,17-19,21,23-25,27,29-31,33,35-37,39,41-43,46-48,50,52-87H2,1-5H3/p+1/b10-8-,16-14-,22-20-,28-26-,34-32-,40-38-,45-44-,51-49-. The maximum Gasteiger partial charge on any atom is 0.472 e. The van der Waals surface area contributed by atoms with E-state index in [1.165, 1.54) is 289 Å². The van der Waals surface area contributed by atoms with Crippen LogP contribution in [-0.4, -0.2) is 74.9 Å². The minimum Gasteiger partial charge on any atom is -0.462 e. The molecule has 0 aromatic rings. The van der Waals surface area contributed by atoms with Crippen LogP contribution in [0.25, 0.3) is 0 Å². The summed E-state index contributed by atoms with van der Waals surface area (Å²) >= 11 is 0. The summed E-state index contributed by atoms with van der Waals surface area (Å²) in [5.74, 6) is -0.781. The van der Waals surface area contributed by atoms with E-state index in [0.29, 0.717) is 23.9 Å². The molecule has 0 heterocycles. The van der Waals surface area contributed by atoms with Crippen LogP contribution in [0, 0.1) is 0 Å². The largest absolute Gasteiger partial charge is 0.472 e. The summed E-state index contributed by atoms with van der Waals surface area (Å²) in [5, 5.41) is 0. The van der Waals surface area contributed by atoms with Crippen molar-refractivity contribution in [3.63, 3.8) is 0 Å². The third-order valence-corrected chi connectivity index (χ3v) is 20.1. The number of nitrogens with zero attached hydrogens (tertiary/aromatic N) is 1. The van der Waals surface area contributed by atoms with E-state index in [-0.39, 0.29) is 25.6 Å². The summed E-state index contributed by atoms with van der Waals surface area (Å²) in [5.41, 5.74) is 0. The second kappa shape index (κ2) is 80.0. The van der Waals surface area contributed by atoms with E-state index in [1.807, 2.05) is 21.1 Å². The van der Waals surface area contributed by atoms with Crippen LogP contribution < -0.4 is 0 Å². The molecule has 100 heavy (non-hydrogen) atoms.